The highest BCUT2D eigenvalue weighted by atomic mass is 16.3. The van der Waals surface area contributed by atoms with Gasteiger partial charge < -0.3 is 15.7 Å². The molecule has 1 heterocycles. The van der Waals surface area contributed by atoms with E-state index in [9.17, 15) is 14.7 Å². The third kappa shape index (κ3) is 3.60. The molecular formula is C12H22N4O3. The lowest BCUT2D eigenvalue weighted by atomic mass is 10.2. The van der Waals surface area contributed by atoms with Gasteiger partial charge in [-0.1, -0.05) is 6.92 Å². The monoisotopic (exact) mass is 270 g/mol. The second-order valence-corrected chi connectivity index (χ2v) is 4.70. The summed E-state index contributed by atoms with van der Waals surface area (Å²) >= 11 is 0. The second-order valence-electron chi connectivity index (χ2n) is 4.70. The van der Waals surface area contributed by atoms with Crippen molar-refractivity contribution in [1.29, 1.82) is 0 Å². The van der Waals surface area contributed by atoms with Crippen LogP contribution in [0.15, 0.2) is 9.59 Å². The number of nitrogens with two attached hydrogens (primary N) is 1. The average molecular weight is 270 g/mol. The average Bonchev–Trinajstić information content (AvgIpc) is 2.31. The Hall–Kier alpha value is -1.76. The maximum absolute atomic E-state index is 11.9. The number of hydrogen-bond acceptors (Lipinski definition) is 5. The van der Waals surface area contributed by atoms with Crippen molar-refractivity contribution in [1.82, 2.24) is 9.55 Å². The topological polar surface area (TPSA) is 104 Å². The maximum Gasteiger partial charge on any atom is 0.330 e. The van der Waals surface area contributed by atoms with Gasteiger partial charge in [-0.3, -0.25) is 14.3 Å². The van der Waals surface area contributed by atoms with E-state index < -0.39 is 17.4 Å². The summed E-state index contributed by atoms with van der Waals surface area (Å²) in [6.45, 7) is 4.54. The van der Waals surface area contributed by atoms with E-state index in [0.717, 1.165) is 6.42 Å². The Morgan fingerprint density at radius 1 is 1.47 bits per heavy atom. The Labute approximate surface area is 111 Å². The first-order valence-electron chi connectivity index (χ1n) is 6.40. The molecule has 4 N–H and O–H groups in total. The number of nitrogens with one attached hydrogen (secondary N) is 1. The van der Waals surface area contributed by atoms with E-state index in [-0.39, 0.29) is 11.5 Å². The summed E-state index contributed by atoms with van der Waals surface area (Å²) in [5, 5.41) is 9.27. The first-order chi connectivity index (χ1) is 8.88. The van der Waals surface area contributed by atoms with Gasteiger partial charge in [0.15, 0.2) is 0 Å². The zero-order chi connectivity index (χ0) is 14.6. The van der Waals surface area contributed by atoms with E-state index in [2.05, 4.69) is 4.98 Å². The molecule has 1 aromatic heterocycles. The molecule has 0 radical (unpaired) electrons. The van der Waals surface area contributed by atoms with Crippen LogP contribution >= 0.6 is 0 Å². The van der Waals surface area contributed by atoms with Crippen molar-refractivity contribution in [2.75, 3.05) is 24.2 Å². The summed E-state index contributed by atoms with van der Waals surface area (Å²) < 4.78 is 1.36. The third-order valence-electron chi connectivity index (χ3n) is 2.93. The minimum Gasteiger partial charge on any atom is -0.393 e. The van der Waals surface area contributed by atoms with Gasteiger partial charge in [-0.25, -0.2) is 4.79 Å². The molecule has 0 aliphatic heterocycles. The number of H-pyrrole nitrogens is 1. The molecular weight excluding hydrogens is 248 g/mol. The van der Waals surface area contributed by atoms with Crippen LogP contribution in [0.25, 0.3) is 0 Å². The highest BCUT2D eigenvalue weighted by molar-refractivity contribution is 5.61. The van der Waals surface area contributed by atoms with Crippen molar-refractivity contribution < 1.29 is 5.11 Å². The number of anilines is 2. The fraction of sp³-hybridized carbons (Fsp3) is 0.667. The Balaban J connectivity index is 3.16. The Kier molecular flexibility index (Phi) is 5.17. The molecule has 1 unspecified atom stereocenters. The predicted octanol–water partition coefficient (Wildman–Crippen LogP) is -0.264. The predicted molar refractivity (Wildman–Crippen MR) is 75.6 cm³/mol. The van der Waals surface area contributed by atoms with Crippen LogP contribution in [0.3, 0.4) is 0 Å². The Morgan fingerprint density at radius 3 is 2.63 bits per heavy atom. The molecule has 0 saturated heterocycles. The highest BCUT2D eigenvalue weighted by Gasteiger charge is 2.15. The fourth-order valence-corrected chi connectivity index (χ4v) is 1.88. The van der Waals surface area contributed by atoms with Crippen LogP contribution in [0.2, 0.25) is 0 Å². The van der Waals surface area contributed by atoms with Crippen molar-refractivity contribution in [3.8, 4) is 0 Å². The normalized spacial score (nSPS) is 12.4. The third-order valence-corrected chi connectivity index (χ3v) is 2.93. The molecule has 0 amide bonds. The molecule has 0 aromatic carbocycles. The van der Waals surface area contributed by atoms with Gasteiger partial charge in [-0.2, -0.15) is 0 Å². The first-order valence-corrected chi connectivity index (χ1v) is 6.40. The summed E-state index contributed by atoms with van der Waals surface area (Å²) in [6, 6.07) is 0. The number of nitrogens with zero attached hydrogens (tertiary/aromatic N) is 2. The van der Waals surface area contributed by atoms with E-state index in [1.165, 1.54) is 4.57 Å². The van der Waals surface area contributed by atoms with E-state index in [4.69, 9.17) is 5.73 Å². The molecule has 0 saturated carbocycles. The Bertz CT molecular complexity index is 533. The molecule has 1 aromatic rings. The van der Waals surface area contributed by atoms with E-state index >= 15 is 0 Å². The molecule has 1 rings (SSSR count). The van der Waals surface area contributed by atoms with Crippen LogP contribution in [0.4, 0.5) is 11.5 Å². The molecule has 1 atom stereocenters. The van der Waals surface area contributed by atoms with Crippen molar-refractivity contribution >= 4 is 11.5 Å². The minimum absolute atomic E-state index is 0.170. The number of aromatic nitrogens is 2. The quantitative estimate of drug-likeness (QED) is 0.660. The van der Waals surface area contributed by atoms with Crippen LogP contribution in [-0.2, 0) is 6.54 Å². The molecule has 7 nitrogen and oxygen atoms in total. The Morgan fingerprint density at radius 2 is 2.11 bits per heavy atom. The van der Waals surface area contributed by atoms with Crippen LogP contribution in [0, 0.1) is 0 Å². The van der Waals surface area contributed by atoms with Gasteiger partial charge in [0.05, 0.1) is 6.10 Å². The standard InChI is InChI=1S/C12H22N4O3/c1-4-6-16-10(13)9(11(18)14-12(16)19)15(3)7-5-8(2)17/h8,17H,4-7,13H2,1-3H3,(H,14,18,19). The molecule has 0 bridgehead atoms. The lowest BCUT2D eigenvalue weighted by Crippen LogP contribution is -2.37. The first kappa shape index (κ1) is 15.3. The fourth-order valence-electron chi connectivity index (χ4n) is 1.88. The van der Waals surface area contributed by atoms with Crippen LogP contribution in [-0.4, -0.2) is 34.4 Å². The van der Waals surface area contributed by atoms with Gasteiger partial charge in [0.1, 0.15) is 11.5 Å². The lowest BCUT2D eigenvalue weighted by molar-refractivity contribution is 0.187. The molecule has 7 heteroatoms. The second kappa shape index (κ2) is 6.42. The summed E-state index contributed by atoms with van der Waals surface area (Å²) in [7, 11) is 1.71. The zero-order valence-corrected chi connectivity index (χ0v) is 11.6. The number of rotatable bonds is 6. The van der Waals surface area contributed by atoms with E-state index in [0.29, 0.717) is 19.5 Å². The summed E-state index contributed by atoms with van der Waals surface area (Å²) in [5.41, 5.74) is 5.20. The van der Waals surface area contributed by atoms with Crippen molar-refractivity contribution in [2.24, 2.45) is 0 Å². The van der Waals surface area contributed by atoms with Gasteiger partial charge in [0.25, 0.3) is 5.56 Å². The van der Waals surface area contributed by atoms with Crippen molar-refractivity contribution in [2.45, 2.75) is 39.3 Å². The minimum atomic E-state index is -0.497. The molecule has 0 fully saturated rings. The number of aromatic amines is 1. The molecule has 108 valence electrons. The highest BCUT2D eigenvalue weighted by Crippen LogP contribution is 2.15. The number of aliphatic hydroxyl groups excluding tert-OH is 1. The largest absolute Gasteiger partial charge is 0.393 e. The summed E-state index contributed by atoms with van der Waals surface area (Å²) in [4.78, 5) is 27.4. The molecule has 0 spiro atoms. The lowest BCUT2D eigenvalue weighted by Gasteiger charge is -2.22. The van der Waals surface area contributed by atoms with Gasteiger partial charge >= 0.3 is 5.69 Å². The molecule has 0 aliphatic rings. The molecule has 0 aliphatic carbocycles. The number of hydrogen-bond donors (Lipinski definition) is 3. The number of aliphatic hydroxyl groups is 1. The van der Waals surface area contributed by atoms with Crippen molar-refractivity contribution in [3.05, 3.63) is 20.8 Å². The number of nitrogen functional groups attached to an aromatic ring is 1. The van der Waals surface area contributed by atoms with E-state index in [1.807, 2.05) is 6.92 Å². The SMILES string of the molecule is CCCn1c(N)c(N(C)CCC(C)O)c(=O)[nH]c1=O. The summed E-state index contributed by atoms with van der Waals surface area (Å²) in [6.07, 6.45) is 0.805. The van der Waals surface area contributed by atoms with Crippen LogP contribution in [0.5, 0.6) is 0 Å². The van der Waals surface area contributed by atoms with Gasteiger partial charge in [-0.05, 0) is 19.8 Å². The van der Waals surface area contributed by atoms with Crippen LogP contribution in [0.1, 0.15) is 26.7 Å². The summed E-state index contributed by atoms with van der Waals surface area (Å²) in [5.74, 6) is 0.170. The van der Waals surface area contributed by atoms with Crippen molar-refractivity contribution in [3.63, 3.8) is 0 Å². The molecule has 19 heavy (non-hydrogen) atoms. The smallest absolute Gasteiger partial charge is 0.330 e. The van der Waals surface area contributed by atoms with Crippen LogP contribution < -0.4 is 21.9 Å². The maximum atomic E-state index is 11.9. The zero-order valence-electron chi connectivity index (χ0n) is 11.6. The van der Waals surface area contributed by atoms with E-state index in [1.54, 1.807) is 18.9 Å². The van der Waals surface area contributed by atoms with Gasteiger partial charge in [-0.15, -0.1) is 0 Å². The van der Waals surface area contributed by atoms with Gasteiger partial charge in [0, 0.05) is 20.1 Å². The van der Waals surface area contributed by atoms with Gasteiger partial charge in [0.2, 0.25) is 0 Å².